The molecule has 2 heterocycles. The predicted octanol–water partition coefficient (Wildman–Crippen LogP) is 3.74. The quantitative estimate of drug-likeness (QED) is 0.115. The molecule has 2 atom stereocenters. The van der Waals surface area contributed by atoms with Crippen LogP contribution in [0.4, 0.5) is 16.2 Å². The van der Waals surface area contributed by atoms with Gasteiger partial charge in [-0.2, -0.15) is 5.10 Å². The van der Waals surface area contributed by atoms with Crippen molar-refractivity contribution < 1.29 is 19.5 Å². The third kappa shape index (κ3) is 7.19. The van der Waals surface area contributed by atoms with E-state index in [1.165, 1.54) is 9.91 Å². The van der Waals surface area contributed by atoms with E-state index in [0.717, 1.165) is 33.5 Å². The fourth-order valence-electron chi connectivity index (χ4n) is 6.52. The molecule has 0 radical (unpaired) electrons. The van der Waals surface area contributed by atoms with E-state index in [1.54, 1.807) is 34.2 Å². The van der Waals surface area contributed by atoms with Gasteiger partial charge >= 0.3 is 6.03 Å². The summed E-state index contributed by atoms with van der Waals surface area (Å²) in [6, 6.07) is 28.2. The van der Waals surface area contributed by atoms with Gasteiger partial charge in [0.25, 0.3) is 0 Å². The normalized spacial score (nSPS) is 17.4. The Labute approximate surface area is 285 Å². The van der Waals surface area contributed by atoms with Crippen molar-refractivity contribution >= 4 is 35.9 Å². The maximum Gasteiger partial charge on any atom is 0.334 e. The number of phenolic OH excluding ortho intramolecular Hbond substituents is 1. The summed E-state index contributed by atoms with van der Waals surface area (Å²) in [4.78, 5) is 44.8. The fourth-order valence-corrected chi connectivity index (χ4v) is 6.52. The van der Waals surface area contributed by atoms with Crippen LogP contribution < -0.4 is 21.5 Å². The molecule has 5 N–H and O–H groups in total. The van der Waals surface area contributed by atoms with E-state index >= 15 is 0 Å². The number of urea groups is 1. The molecule has 4 aromatic rings. The summed E-state index contributed by atoms with van der Waals surface area (Å²) in [6.45, 7) is 6.60. The Morgan fingerprint density at radius 2 is 1.69 bits per heavy atom. The summed E-state index contributed by atoms with van der Waals surface area (Å²) in [5, 5.41) is 20.4. The minimum atomic E-state index is -0.895. The molecule has 12 heteroatoms. The second-order valence-electron chi connectivity index (χ2n) is 12.2. The zero-order valence-electron chi connectivity index (χ0n) is 27.3. The number of hydrogen-bond acceptors (Lipinski definition) is 8. The lowest BCUT2D eigenvalue weighted by Gasteiger charge is -2.52. The average Bonchev–Trinajstić information content (AvgIpc) is 3.10. The van der Waals surface area contributed by atoms with Crippen LogP contribution in [0.5, 0.6) is 5.75 Å². The molecule has 2 aliphatic rings. The van der Waals surface area contributed by atoms with Gasteiger partial charge in [-0.15, -0.1) is 0 Å². The Morgan fingerprint density at radius 3 is 2.43 bits per heavy atom. The summed E-state index contributed by atoms with van der Waals surface area (Å²) in [5.74, 6) is -0.433. The number of anilines is 2. The summed E-state index contributed by atoms with van der Waals surface area (Å²) >= 11 is 0. The number of aryl methyl sites for hydroxylation is 1. The molecule has 2 fully saturated rings. The number of piperazine rings is 1. The van der Waals surface area contributed by atoms with Crippen molar-refractivity contribution in [2.75, 3.05) is 23.8 Å². The van der Waals surface area contributed by atoms with Crippen molar-refractivity contribution in [2.24, 2.45) is 5.10 Å². The second-order valence-corrected chi connectivity index (χ2v) is 12.2. The maximum atomic E-state index is 14.4. The number of aromatic hydroxyl groups is 1. The molecule has 12 nitrogen and oxygen atoms in total. The SMILES string of the molecule is C=NN(Cc1ccccc1N)c1c(C)cccc1CN1CC2N(C(=O)NCc3ccccc3)NCC(=O)N2[C@@H](Cc2ccc(O)cc2)C1=O. The number of hydrazine groups is 1. The molecule has 0 aliphatic carbocycles. The Balaban J connectivity index is 1.33. The number of hydrogen-bond donors (Lipinski definition) is 4. The van der Waals surface area contributed by atoms with Crippen molar-refractivity contribution in [3.63, 3.8) is 0 Å². The third-order valence-electron chi connectivity index (χ3n) is 8.98. The zero-order chi connectivity index (χ0) is 34.5. The van der Waals surface area contributed by atoms with Crippen LogP contribution in [0.2, 0.25) is 0 Å². The smallest absolute Gasteiger partial charge is 0.334 e. The van der Waals surface area contributed by atoms with E-state index in [9.17, 15) is 19.5 Å². The molecule has 2 saturated heterocycles. The van der Waals surface area contributed by atoms with Gasteiger partial charge in [0.2, 0.25) is 11.8 Å². The molecule has 1 unspecified atom stereocenters. The summed E-state index contributed by atoms with van der Waals surface area (Å²) < 4.78 is 0. The Kier molecular flexibility index (Phi) is 9.77. The lowest BCUT2D eigenvalue weighted by molar-refractivity contribution is -0.170. The highest BCUT2D eigenvalue weighted by Crippen LogP contribution is 2.32. The molecule has 49 heavy (non-hydrogen) atoms. The molecular formula is C37H40N8O4. The largest absolute Gasteiger partial charge is 0.508 e. The van der Waals surface area contributed by atoms with E-state index in [0.29, 0.717) is 18.8 Å². The number of nitrogen functional groups attached to an aromatic ring is 1. The number of nitrogens with one attached hydrogen (secondary N) is 2. The number of nitrogens with two attached hydrogens (primary N) is 1. The first-order valence-corrected chi connectivity index (χ1v) is 16.1. The molecule has 4 aromatic carbocycles. The lowest BCUT2D eigenvalue weighted by Crippen LogP contribution is -2.76. The van der Waals surface area contributed by atoms with E-state index in [-0.39, 0.29) is 43.6 Å². The van der Waals surface area contributed by atoms with Crippen LogP contribution >= 0.6 is 0 Å². The van der Waals surface area contributed by atoms with Crippen molar-refractivity contribution in [1.82, 2.24) is 25.6 Å². The van der Waals surface area contributed by atoms with Crippen LogP contribution in [0, 0.1) is 6.92 Å². The minimum absolute atomic E-state index is 0.0724. The van der Waals surface area contributed by atoms with Gasteiger partial charge in [-0.3, -0.25) is 14.6 Å². The lowest BCUT2D eigenvalue weighted by atomic mass is 9.98. The third-order valence-corrected chi connectivity index (χ3v) is 8.98. The molecule has 0 spiro atoms. The standard InChI is InChI=1S/C37H40N8O4/c1-25-9-8-13-29(35(25)43(39-2)23-28-12-6-7-14-31(28)38)22-42-24-33-44(32(36(42)48)19-26-15-17-30(46)18-16-26)34(47)21-41-45(33)37(49)40-20-27-10-4-3-5-11-27/h3-18,32-33,41,46H,2,19-24,38H2,1H3,(H,40,49)/t32-,33?/m0/s1. The van der Waals surface area contributed by atoms with Crippen molar-refractivity contribution in [2.45, 2.75) is 45.2 Å². The zero-order valence-corrected chi connectivity index (χ0v) is 27.3. The van der Waals surface area contributed by atoms with E-state index < -0.39 is 18.2 Å². The Hall–Kier alpha value is -5.88. The highest BCUT2D eigenvalue weighted by Gasteiger charge is 2.49. The van der Waals surface area contributed by atoms with Crippen LogP contribution in [0.25, 0.3) is 0 Å². The van der Waals surface area contributed by atoms with Crippen LogP contribution in [0.1, 0.15) is 27.8 Å². The Bertz CT molecular complexity index is 1830. The summed E-state index contributed by atoms with van der Waals surface area (Å²) in [6.07, 6.45) is -0.589. The van der Waals surface area contributed by atoms with Gasteiger partial charge in [0, 0.05) is 31.9 Å². The Morgan fingerprint density at radius 1 is 0.980 bits per heavy atom. The van der Waals surface area contributed by atoms with Crippen LogP contribution in [0.3, 0.4) is 0 Å². The maximum absolute atomic E-state index is 14.4. The molecule has 2 aliphatic heterocycles. The van der Waals surface area contributed by atoms with Gasteiger partial charge in [0.15, 0.2) is 0 Å². The highest BCUT2D eigenvalue weighted by molar-refractivity contribution is 5.91. The van der Waals surface area contributed by atoms with E-state index in [4.69, 9.17) is 5.73 Å². The minimum Gasteiger partial charge on any atom is -0.508 e. The number of rotatable bonds is 10. The van der Waals surface area contributed by atoms with E-state index in [1.807, 2.05) is 79.7 Å². The molecular weight excluding hydrogens is 620 g/mol. The van der Waals surface area contributed by atoms with Gasteiger partial charge in [-0.25, -0.2) is 15.2 Å². The van der Waals surface area contributed by atoms with Gasteiger partial charge < -0.3 is 26.0 Å². The predicted molar refractivity (Wildman–Crippen MR) is 188 cm³/mol. The van der Waals surface area contributed by atoms with Crippen LogP contribution in [-0.2, 0) is 35.6 Å². The van der Waals surface area contributed by atoms with Crippen LogP contribution in [-0.4, -0.2) is 69.8 Å². The van der Waals surface area contributed by atoms with Crippen molar-refractivity contribution in [3.8, 4) is 5.75 Å². The first-order valence-electron chi connectivity index (χ1n) is 16.1. The number of nitrogens with zero attached hydrogens (tertiary/aromatic N) is 5. The van der Waals surface area contributed by atoms with Gasteiger partial charge in [0.1, 0.15) is 18.0 Å². The first-order chi connectivity index (χ1) is 23.7. The van der Waals surface area contributed by atoms with Crippen molar-refractivity contribution in [1.29, 1.82) is 0 Å². The number of amides is 4. The first kappa shape index (κ1) is 33.0. The molecule has 6 rings (SSSR count). The molecule has 0 saturated carbocycles. The second kappa shape index (κ2) is 14.5. The van der Waals surface area contributed by atoms with E-state index in [2.05, 4.69) is 22.6 Å². The number of carbonyl (C=O) groups is 3. The fraction of sp³-hybridized carbons (Fsp3) is 0.243. The number of carbonyl (C=O) groups excluding carboxylic acids is 3. The molecule has 0 bridgehead atoms. The van der Waals surface area contributed by atoms with Crippen LogP contribution in [0.15, 0.2) is 102 Å². The van der Waals surface area contributed by atoms with Gasteiger partial charge in [-0.05, 0) is 52.9 Å². The number of hydrazone groups is 1. The van der Waals surface area contributed by atoms with Gasteiger partial charge in [0.05, 0.1) is 25.3 Å². The monoisotopic (exact) mass is 660 g/mol. The van der Waals surface area contributed by atoms with Gasteiger partial charge in [-0.1, -0.05) is 78.9 Å². The average molecular weight is 661 g/mol. The molecule has 0 aromatic heterocycles. The number of fused-ring (bicyclic) bond motifs is 1. The van der Waals surface area contributed by atoms with Crippen molar-refractivity contribution in [3.05, 3.63) is 125 Å². The summed E-state index contributed by atoms with van der Waals surface area (Å²) in [5.41, 5.74) is 15.0. The summed E-state index contributed by atoms with van der Waals surface area (Å²) in [7, 11) is 0. The topological polar surface area (TPSA) is 147 Å². The highest BCUT2D eigenvalue weighted by atomic mass is 16.3. The number of para-hydroxylation sites is 2. The number of benzene rings is 4. The number of phenols is 1. The molecule has 4 amide bonds. The molecule has 252 valence electrons.